The number of benzene rings is 2. The molecule has 8 nitrogen and oxygen atoms in total. The predicted octanol–water partition coefficient (Wildman–Crippen LogP) is 2.95. The molecule has 2 aromatic rings. The molecule has 0 saturated carbocycles. The van der Waals surface area contributed by atoms with E-state index < -0.39 is 23.9 Å². The largest absolute Gasteiger partial charge is 0.490 e. The van der Waals surface area contributed by atoms with Gasteiger partial charge in [-0.05, 0) is 38.1 Å². The maximum absolute atomic E-state index is 12.8. The lowest BCUT2D eigenvalue weighted by molar-refractivity contribution is -0.130. The Hall–Kier alpha value is -3.55. The Morgan fingerprint density at radius 1 is 1.07 bits per heavy atom. The van der Waals surface area contributed by atoms with Crippen molar-refractivity contribution in [1.82, 2.24) is 4.90 Å². The van der Waals surface area contributed by atoms with E-state index in [-0.39, 0.29) is 6.54 Å². The van der Waals surface area contributed by atoms with Gasteiger partial charge in [0.2, 0.25) is 5.91 Å². The number of hydrogen-bond acceptors (Lipinski definition) is 5. The van der Waals surface area contributed by atoms with Gasteiger partial charge < -0.3 is 14.8 Å². The molecule has 1 fully saturated rings. The number of carbonyl (C=O) groups is 3. The van der Waals surface area contributed by atoms with Crippen LogP contribution in [0.5, 0.6) is 11.5 Å². The van der Waals surface area contributed by atoms with Crippen molar-refractivity contribution in [3.63, 3.8) is 0 Å². The molecule has 0 spiro atoms. The molecule has 2 heterocycles. The molecule has 2 aliphatic rings. The van der Waals surface area contributed by atoms with Gasteiger partial charge in [-0.3, -0.25) is 19.4 Å². The minimum Gasteiger partial charge on any atom is -0.490 e. The lowest BCUT2D eigenvalue weighted by Crippen LogP contribution is -2.39. The summed E-state index contributed by atoms with van der Waals surface area (Å²) >= 11 is 0. The van der Waals surface area contributed by atoms with Crippen molar-refractivity contribution in [2.45, 2.75) is 26.3 Å². The maximum atomic E-state index is 12.8. The highest BCUT2D eigenvalue weighted by atomic mass is 16.5. The van der Waals surface area contributed by atoms with Crippen LogP contribution in [0.2, 0.25) is 0 Å². The summed E-state index contributed by atoms with van der Waals surface area (Å²) in [7, 11) is 0. The molecular weight excluding hydrogens is 386 g/mol. The van der Waals surface area contributed by atoms with Crippen molar-refractivity contribution in [3.05, 3.63) is 48.0 Å². The minimum absolute atomic E-state index is 0.362. The molecule has 0 bridgehead atoms. The van der Waals surface area contributed by atoms with Gasteiger partial charge in [-0.2, -0.15) is 0 Å². The second-order valence-corrected chi connectivity index (χ2v) is 7.35. The Bertz CT molecular complexity index is 989. The molecule has 4 rings (SSSR count). The Morgan fingerprint density at radius 3 is 2.50 bits per heavy atom. The SMILES string of the molecule is Cc1ccc(N2C(=O)N(CC(=O)Nc3ccc4c(c3)OCCCO4)C(=O)[C@@H]2C)cc1. The molecule has 156 valence electrons. The zero-order chi connectivity index (χ0) is 21.3. The number of ether oxygens (including phenoxy) is 2. The molecule has 4 amide bonds. The highest BCUT2D eigenvalue weighted by Crippen LogP contribution is 2.32. The van der Waals surface area contributed by atoms with Crippen LogP contribution in [0.3, 0.4) is 0 Å². The fourth-order valence-electron chi connectivity index (χ4n) is 3.50. The topological polar surface area (TPSA) is 88.2 Å². The van der Waals surface area contributed by atoms with Crippen LogP contribution in [-0.4, -0.2) is 48.5 Å². The number of urea groups is 1. The molecule has 0 aromatic heterocycles. The summed E-state index contributed by atoms with van der Waals surface area (Å²) in [5, 5.41) is 2.72. The van der Waals surface area contributed by atoms with Crippen LogP contribution in [0, 0.1) is 6.92 Å². The van der Waals surface area contributed by atoms with Crippen molar-refractivity contribution in [2.24, 2.45) is 0 Å². The monoisotopic (exact) mass is 409 g/mol. The van der Waals surface area contributed by atoms with Gasteiger partial charge in [-0.15, -0.1) is 0 Å². The van der Waals surface area contributed by atoms with Crippen LogP contribution in [0.15, 0.2) is 42.5 Å². The van der Waals surface area contributed by atoms with Gasteiger partial charge in [0.25, 0.3) is 5.91 Å². The summed E-state index contributed by atoms with van der Waals surface area (Å²) < 4.78 is 11.2. The average Bonchev–Trinajstić information content (AvgIpc) is 2.89. The summed E-state index contributed by atoms with van der Waals surface area (Å²) in [6.07, 6.45) is 0.783. The van der Waals surface area contributed by atoms with Crippen molar-refractivity contribution in [2.75, 3.05) is 30.0 Å². The van der Waals surface area contributed by atoms with Crippen LogP contribution in [0.25, 0.3) is 0 Å². The quantitative estimate of drug-likeness (QED) is 0.785. The number of aryl methyl sites for hydroxylation is 1. The molecule has 2 aromatic carbocycles. The third-order valence-electron chi connectivity index (χ3n) is 5.09. The molecule has 0 unspecified atom stereocenters. The highest BCUT2D eigenvalue weighted by molar-refractivity contribution is 6.16. The van der Waals surface area contributed by atoms with E-state index in [0.29, 0.717) is 36.1 Å². The number of nitrogens with one attached hydrogen (secondary N) is 1. The standard InChI is InChI=1S/C22H23N3O5/c1-14-4-7-17(8-5-14)25-15(2)21(27)24(22(25)28)13-20(26)23-16-6-9-18-19(12-16)30-11-3-10-29-18/h4-9,12,15H,3,10-11,13H2,1-2H3,(H,23,26)/t15-/m0/s1. The number of carbonyl (C=O) groups excluding carboxylic acids is 3. The first-order chi connectivity index (χ1) is 14.4. The number of rotatable bonds is 4. The van der Waals surface area contributed by atoms with E-state index in [1.807, 2.05) is 19.1 Å². The summed E-state index contributed by atoms with van der Waals surface area (Å²) in [6, 6.07) is 11.2. The summed E-state index contributed by atoms with van der Waals surface area (Å²) in [5.74, 6) is 0.300. The van der Waals surface area contributed by atoms with E-state index >= 15 is 0 Å². The maximum Gasteiger partial charge on any atom is 0.332 e. The molecule has 0 aliphatic carbocycles. The van der Waals surface area contributed by atoms with Crippen LogP contribution in [0.4, 0.5) is 16.2 Å². The van der Waals surface area contributed by atoms with Crippen LogP contribution in [0.1, 0.15) is 18.9 Å². The second kappa shape index (κ2) is 8.06. The summed E-state index contributed by atoms with van der Waals surface area (Å²) in [5.41, 5.74) is 2.18. The van der Waals surface area contributed by atoms with Crippen molar-refractivity contribution < 1.29 is 23.9 Å². The third-order valence-corrected chi connectivity index (χ3v) is 5.09. The molecular formula is C22H23N3O5. The molecule has 2 aliphatic heterocycles. The second-order valence-electron chi connectivity index (χ2n) is 7.35. The van der Waals surface area contributed by atoms with E-state index in [0.717, 1.165) is 16.9 Å². The molecule has 8 heteroatoms. The minimum atomic E-state index is -0.675. The van der Waals surface area contributed by atoms with Gasteiger partial charge in [0.15, 0.2) is 11.5 Å². The van der Waals surface area contributed by atoms with Crippen molar-refractivity contribution in [3.8, 4) is 11.5 Å². The molecule has 0 radical (unpaired) electrons. The number of amides is 4. The predicted molar refractivity (Wildman–Crippen MR) is 111 cm³/mol. The first-order valence-corrected chi connectivity index (χ1v) is 9.85. The molecule has 30 heavy (non-hydrogen) atoms. The lowest BCUT2D eigenvalue weighted by Gasteiger charge is -2.19. The van der Waals surface area contributed by atoms with E-state index in [9.17, 15) is 14.4 Å². The lowest BCUT2D eigenvalue weighted by atomic mass is 10.2. The van der Waals surface area contributed by atoms with Crippen LogP contribution in [-0.2, 0) is 9.59 Å². The van der Waals surface area contributed by atoms with E-state index in [1.165, 1.54) is 4.90 Å². The zero-order valence-corrected chi connectivity index (χ0v) is 16.9. The van der Waals surface area contributed by atoms with Gasteiger partial charge in [-0.25, -0.2) is 4.79 Å². The summed E-state index contributed by atoms with van der Waals surface area (Å²) in [4.78, 5) is 40.4. The van der Waals surface area contributed by atoms with Crippen LogP contribution >= 0.6 is 0 Å². The van der Waals surface area contributed by atoms with Gasteiger partial charge in [0, 0.05) is 23.9 Å². The van der Waals surface area contributed by atoms with Gasteiger partial charge in [-0.1, -0.05) is 17.7 Å². The number of hydrogen-bond donors (Lipinski definition) is 1. The normalized spacial score (nSPS) is 18.4. The number of anilines is 2. The summed E-state index contributed by atoms with van der Waals surface area (Å²) in [6.45, 7) is 4.35. The van der Waals surface area contributed by atoms with Crippen LogP contribution < -0.4 is 19.7 Å². The first kappa shape index (κ1) is 19.8. The molecule has 1 N–H and O–H groups in total. The smallest absolute Gasteiger partial charge is 0.332 e. The van der Waals surface area contributed by atoms with Gasteiger partial charge in [0.1, 0.15) is 12.6 Å². The Morgan fingerprint density at radius 2 is 1.77 bits per heavy atom. The van der Waals surface area contributed by atoms with Gasteiger partial charge in [0.05, 0.1) is 13.2 Å². The fraction of sp³-hybridized carbons (Fsp3) is 0.318. The Kier molecular flexibility index (Phi) is 5.31. The Labute approximate surface area is 174 Å². The molecule has 1 saturated heterocycles. The van der Waals surface area contributed by atoms with Crippen molar-refractivity contribution in [1.29, 1.82) is 0 Å². The van der Waals surface area contributed by atoms with Gasteiger partial charge >= 0.3 is 6.03 Å². The Balaban J connectivity index is 1.45. The fourth-order valence-corrected chi connectivity index (χ4v) is 3.50. The zero-order valence-electron chi connectivity index (χ0n) is 16.9. The van der Waals surface area contributed by atoms with E-state index in [1.54, 1.807) is 37.3 Å². The highest BCUT2D eigenvalue weighted by Gasteiger charge is 2.44. The van der Waals surface area contributed by atoms with E-state index in [2.05, 4.69) is 5.32 Å². The first-order valence-electron chi connectivity index (χ1n) is 9.85. The number of imide groups is 1. The molecule has 1 atom stereocenters. The number of nitrogens with zero attached hydrogens (tertiary/aromatic N) is 2. The van der Waals surface area contributed by atoms with Crippen molar-refractivity contribution >= 4 is 29.2 Å². The average molecular weight is 409 g/mol. The number of fused-ring (bicyclic) bond motifs is 1. The third kappa shape index (κ3) is 3.80. The van der Waals surface area contributed by atoms with E-state index in [4.69, 9.17) is 9.47 Å².